The van der Waals surface area contributed by atoms with Crippen molar-refractivity contribution in [3.8, 4) is 5.75 Å². The van der Waals surface area contributed by atoms with Crippen molar-refractivity contribution in [2.24, 2.45) is 0 Å². The lowest BCUT2D eigenvalue weighted by molar-refractivity contribution is 0.120. The van der Waals surface area contributed by atoms with Gasteiger partial charge in [0.25, 0.3) is 0 Å². The van der Waals surface area contributed by atoms with E-state index in [-0.39, 0.29) is 0 Å². The molecule has 0 spiro atoms. The van der Waals surface area contributed by atoms with Gasteiger partial charge in [0.1, 0.15) is 5.75 Å². The Balaban J connectivity index is 2.56. The van der Waals surface area contributed by atoms with Gasteiger partial charge in [-0.3, -0.25) is 0 Å². The highest BCUT2D eigenvalue weighted by atomic mass is 16.5. The van der Waals surface area contributed by atoms with E-state index in [4.69, 9.17) is 4.74 Å². The largest absolute Gasteiger partial charge is 0.496 e. The monoisotopic (exact) mass is 252 g/mol. The highest BCUT2D eigenvalue weighted by Gasteiger charge is 2.14. The van der Waals surface area contributed by atoms with Gasteiger partial charge in [-0.05, 0) is 27.2 Å². The zero-order valence-corrected chi connectivity index (χ0v) is 11.8. The Bertz CT molecular complexity index is 355. The lowest BCUT2D eigenvalue weighted by Crippen LogP contribution is -2.31. The van der Waals surface area contributed by atoms with E-state index in [0.29, 0.717) is 6.54 Å². The summed E-state index contributed by atoms with van der Waals surface area (Å²) in [6.07, 6.45) is -0.520. The number of nitrogens with zero attached hydrogens (tertiary/aromatic N) is 2. The van der Waals surface area contributed by atoms with Gasteiger partial charge in [-0.15, -0.1) is 0 Å². The maximum Gasteiger partial charge on any atom is 0.124 e. The average Bonchev–Trinajstić information content (AvgIpc) is 2.36. The van der Waals surface area contributed by atoms with E-state index >= 15 is 0 Å². The van der Waals surface area contributed by atoms with Gasteiger partial charge in [0.15, 0.2) is 0 Å². The number of aliphatic hydroxyl groups is 1. The Kier molecular flexibility index (Phi) is 6.12. The normalized spacial score (nSPS) is 13.1. The zero-order valence-electron chi connectivity index (χ0n) is 11.8. The van der Waals surface area contributed by atoms with Gasteiger partial charge in [-0.1, -0.05) is 18.2 Å². The van der Waals surface area contributed by atoms with Crippen molar-refractivity contribution < 1.29 is 9.84 Å². The molecule has 1 aromatic carbocycles. The average molecular weight is 252 g/mol. The first-order valence-corrected chi connectivity index (χ1v) is 6.19. The molecule has 0 heterocycles. The minimum atomic E-state index is -0.520. The maximum atomic E-state index is 10.2. The number of para-hydroxylation sites is 1. The van der Waals surface area contributed by atoms with Crippen LogP contribution in [0.2, 0.25) is 0 Å². The molecular weight excluding hydrogens is 228 g/mol. The predicted molar refractivity (Wildman–Crippen MR) is 74.0 cm³/mol. The second kappa shape index (κ2) is 7.36. The maximum absolute atomic E-state index is 10.2. The van der Waals surface area contributed by atoms with Crippen LogP contribution in [0.5, 0.6) is 5.75 Å². The van der Waals surface area contributed by atoms with Gasteiger partial charge < -0.3 is 19.6 Å². The smallest absolute Gasteiger partial charge is 0.124 e. The molecule has 1 unspecified atom stereocenters. The minimum Gasteiger partial charge on any atom is -0.496 e. The minimum absolute atomic E-state index is 0.520. The van der Waals surface area contributed by atoms with Crippen molar-refractivity contribution in [1.29, 1.82) is 0 Å². The molecule has 0 fully saturated rings. The molecule has 18 heavy (non-hydrogen) atoms. The van der Waals surface area contributed by atoms with Crippen molar-refractivity contribution in [2.45, 2.75) is 6.10 Å². The van der Waals surface area contributed by atoms with Crippen molar-refractivity contribution in [1.82, 2.24) is 9.80 Å². The van der Waals surface area contributed by atoms with Crippen LogP contribution in [0.1, 0.15) is 11.7 Å². The number of ether oxygens (including phenoxy) is 1. The molecule has 0 aromatic heterocycles. The van der Waals surface area contributed by atoms with Crippen LogP contribution in [0.15, 0.2) is 24.3 Å². The van der Waals surface area contributed by atoms with E-state index in [2.05, 4.69) is 9.80 Å². The summed E-state index contributed by atoms with van der Waals surface area (Å²) in [5, 5.41) is 10.2. The van der Waals surface area contributed by atoms with Crippen LogP contribution in [0, 0.1) is 0 Å². The number of benzene rings is 1. The lowest BCUT2D eigenvalue weighted by atomic mass is 10.1. The molecule has 0 aliphatic carbocycles. The third-order valence-corrected chi connectivity index (χ3v) is 2.91. The second-order valence-electron chi connectivity index (χ2n) is 4.82. The number of methoxy groups -OCH3 is 1. The molecule has 0 radical (unpaired) electrons. The first-order chi connectivity index (χ1) is 8.54. The Labute approximate surface area is 110 Å². The van der Waals surface area contributed by atoms with Crippen molar-refractivity contribution in [3.63, 3.8) is 0 Å². The van der Waals surface area contributed by atoms with Crippen LogP contribution < -0.4 is 4.74 Å². The van der Waals surface area contributed by atoms with Gasteiger partial charge >= 0.3 is 0 Å². The van der Waals surface area contributed by atoms with Gasteiger partial charge in [0.05, 0.1) is 13.2 Å². The molecule has 4 heteroatoms. The first-order valence-electron chi connectivity index (χ1n) is 6.19. The molecule has 1 aromatic rings. The van der Waals surface area contributed by atoms with Gasteiger partial charge in [-0.25, -0.2) is 0 Å². The standard InChI is InChI=1S/C14H24N2O2/c1-15(2)9-10-16(3)11-13(17)12-7-5-6-8-14(12)18-4/h5-8,13,17H,9-11H2,1-4H3. The third kappa shape index (κ3) is 4.64. The summed E-state index contributed by atoms with van der Waals surface area (Å²) in [5.41, 5.74) is 0.844. The van der Waals surface area contributed by atoms with Crippen LogP contribution in [-0.2, 0) is 0 Å². The van der Waals surface area contributed by atoms with Gasteiger partial charge in [0, 0.05) is 25.2 Å². The highest BCUT2D eigenvalue weighted by Crippen LogP contribution is 2.24. The van der Waals surface area contributed by atoms with E-state index in [1.165, 1.54) is 0 Å². The van der Waals surface area contributed by atoms with E-state index in [1.54, 1.807) is 7.11 Å². The first kappa shape index (κ1) is 15.0. The SMILES string of the molecule is COc1ccccc1C(O)CN(C)CCN(C)C. The fourth-order valence-electron chi connectivity index (χ4n) is 1.80. The molecule has 102 valence electrons. The molecule has 0 aliphatic heterocycles. The van der Waals surface area contributed by atoms with Crippen molar-refractivity contribution in [3.05, 3.63) is 29.8 Å². The molecule has 1 N–H and O–H groups in total. The highest BCUT2D eigenvalue weighted by molar-refractivity contribution is 5.35. The molecule has 4 nitrogen and oxygen atoms in total. The van der Waals surface area contributed by atoms with Crippen LogP contribution in [-0.4, -0.2) is 62.8 Å². The van der Waals surface area contributed by atoms with Crippen LogP contribution in [0.3, 0.4) is 0 Å². The van der Waals surface area contributed by atoms with Crippen LogP contribution >= 0.6 is 0 Å². The van der Waals surface area contributed by atoms with E-state index in [1.807, 2.05) is 45.4 Å². The Morgan fingerprint density at radius 1 is 1.17 bits per heavy atom. The molecule has 1 atom stereocenters. The summed E-state index contributed by atoms with van der Waals surface area (Å²) in [4.78, 5) is 4.25. The van der Waals surface area contributed by atoms with E-state index < -0.39 is 6.10 Å². The molecule has 0 amide bonds. The summed E-state index contributed by atoms with van der Waals surface area (Å²) < 4.78 is 5.26. The van der Waals surface area contributed by atoms with E-state index in [9.17, 15) is 5.11 Å². The number of hydrogen-bond donors (Lipinski definition) is 1. The Morgan fingerprint density at radius 2 is 1.83 bits per heavy atom. The summed E-state index contributed by atoms with van der Waals surface area (Å²) in [6, 6.07) is 7.60. The fraction of sp³-hybridized carbons (Fsp3) is 0.571. The predicted octanol–water partition coefficient (Wildman–Crippen LogP) is 1.22. The van der Waals surface area contributed by atoms with E-state index in [0.717, 1.165) is 24.4 Å². The molecule has 0 saturated carbocycles. The second-order valence-corrected chi connectivity index (χ2v) is 4.82. The van der Waals surface area contributed by atoms with Crippen molar-refractivity contribution in [2.75, 3.05) is 47.9 Å². The van der Waals surface area contributed by atoms with Gasteiger partial charge in [-0.2, -0.15) is 0 Å². The quantitative estimate of drug-likeness (QED) is 0.791. The zero-order chi connectivity index (χ0) is 13.5. The number of aliphatic hydroxyl groups excluding tert-OH is 1. The third-order valence-electron chi connectivity index (χ3n) is 2.91. The van der Waals surface area contributed by atoms with Crippen LogP contribution in [0.4, 0.5) is 0 Å². The summed E-state index contributed by atoms with van der Waals surface area (Å²) in [5.74, 6) is 0.742. The number of likely N-dealkylation sites (N-methyl/N-ethyl adjacent to an activating group) is 2. The Morgan fingerprint density at radius 3 is 2.44 bits per heavy atom. The number of hydrogen-bond acceptors (Lipinski definition) is 4. The topological polar surface area (TPSA) is 35.9 Å². The molecule has 0 saturated heterocycles. The Hall–Kier alpha value is -1.10. The summed E-state index contributed by atoms with van der Waals surface area (Å²) in [7, 11) is 7.73. The fourth-order valence-corrected chi connectivity index (χ4v) is 1.80. The number of rotatable bonds is 7. The molecular formula is C14H24N2O2. The van der Waals surface area contributed by atoms with Gasteiger partial charge in [0.2, 0.25) is 0 Å². The summed E-state index contributed by atoms with van der Waals surface area (Å²) in [6.45, 7) is 2.52. The van der Waals surface area contributed by atoms with Crippen molar-refractivity contribution >= 4 is 0 Å². The molecule has 1 rings (SSSR count). The van der Waals surface area contributed by atoms with Crippen LogP contribution in [0.25, 0.3) is 0 Å². The lowest BCUT2D eigenvalue weighted by Gasteiger charge is -2.23. The molecule has 0 aliphatic rings. The summed E-state index contributed by atoms with van der Waals surface area (Å²) >= 11 is 0. The molecule has 0 bridgehead atoms.